The molecule has 0 radical (unpaired) electrons. The number of hydrogen-bond acceptors (Lipinski definition) is 6. The Bertz CT molecular complexity index is 1060. The van der Waals surface area contributed by atoms with Crippen molar-refractivity contribution in [1.82, 2.24) is 19.9 Å². The molecule has 1 amide bonds. The number of aromatic nitrogens is 2. The van der Waals surface area contributed by atoms with Crippen LogP contribution in [0, 0.1) is 6.92 Å². The van der Waals surface area contributed by atoms with Gasteiger partial charge in [-0.05, 0) is 25.8 Å². The molecular formula is C23H25N5O2. The number of pyridine rings is 1. The zero-order valence-electron chi connectivity index (χ0n) is 17.0. The van der Waals surface area contributed by atoms with Crippen LogP contribution < -0.4 is 5.73 Å². The van der Waals surface area contributed by atoms with Gasteiger partial charge >= 0.3 is 0 Å². The van der Waals surface area contributed by atoms with Crippen molar-refractivity contribution in [2.75, 3.05) is 18.8 Å². The van der Waals surface area contributed by atoms with Crippen molar-refractivity contribution in [3.05, 3.63) is 65.5 Å². The lowest BCUT2D eigenvalue weighted by molar-refractivity contribution is 0.0731. The summed E-state index contributed by atoms with van der Waals surface area (Å²) in [5, 5.41) is 4.19. The summed E-state index contributed by atoms with van der Waals surface area (Å²) in [6, 6.07) is 14.2. The van der Waals surface area contributed by atoms with Gasteiger partial charge in [-0.1, -0.05) is 41.6 Å². The van der Waals surface area contributed by atoms with Gasteiger partial charge in [0, 0.05) is 49.0 Å². The molecule has 0 bridgehead atoms. The van der Waals surface area contributed by atoms with E-state index < -0.39 is 0 Å². The summed E-state index contributed by atoms with van der Waals surface area (Å²) in [6.07, 6.45) is 3.64. The minimum Gasteiger partial charge on any atom is -0.383 e. The van der Waals surface area contributed by atoms with Crippen LogP contribution in [0.25, 0.3) is 11.3 Å². The van der Waals surface area contributed by atoms with E-state index in [9.17, 15) is 4.79 Å². The summed E-state index contributed by atoms with van der Waals surface area (Å²) in [6.45, 7) is 4.27. The van der Waals surface area contributed by atoms with Gasteiger partial charge in [-0.25, -0.2) is 4.98 Å². The highest BCUT2D eigenvalue weighted by Crippen LogP contribution is 2.36. The number of anilines is 1. The summed E-state index contributed by atoms with van der Waals surface area (Å²) in [4.78, 5) is 22.2. The topological polar surface area (TPSA) is 88.5 Å². The maximum atomic E-state index is 13.6. The van der Waals surface area contributed by atoms with Crippen LogP contribution in [0.1, 0.15) is 34.5 Å². The molecule has 4 heterocycles. The van der Waals surface area contributed by atoms with E-state index in [1.165, 1.54) is 0 Å². The summed E-state index contributed by atoms with van der Waals surface area (Å²) in [7, 11) is 0. The quantitative estimate of drug-likeness (QED) is 0.720. The molecule has 3 aromatic rings. The van der Waals surface area contributed by atoms with Crippen LogP contribution in [0.2, 0.25) is 0 Å². The van der Waals surface area contributed by atoms with Crippen molar-refractivity contribution < 1.29 is 9.32 Å². The molecule has 154 valence electrons. The molecule has 2 saturated heterocycles. The molecule has 2 aromatic heterocycles. The van der Waals surface area contributed by atoms with Gasteiger partial charge in [-0.2, -0.15) is 0 Å². The Morgan fingerprint density at radius 2 is 1.93 bits per heavy atom. The molecule has 2 N–H and O–H groups in total. The predicted octanol–water partition coefficient (Wildman–Crippen LogP) is 3.12. The second kappa shape index (κ2) is 7.57. The first-order valence-corrected chi connectivity index (χ1v) is 10.4. The number of likely N-dealkylation sites (tertiary alicyclic amines) is 2. The van der Waals surface area contributed by atoms with Crippen molar-refractivity contribution in [2.24, 2.45) is 0 Å². The van der Waals surface area contributed by atoms with Gasteiger partial charge in [0.2, 0.25) is 0 Å². The molecule has 0 spiro atoms. The first kappa shape index (κ1) is 18.8. The number of carbonyl (C=O) groups excluding carboxylic acids is 1. The number of nitrogen functional groups attached to an aromatic ring is 1. The second-order valence-electron chi connectivity index (χ2n) is 8.06. The number of benzene rings is 1. The van der Waals surface area contributed by atoms with E-state index in [1.54, 1.807) is 6.20 Å². The summed E-state index contributed by atoms with van der Waals surface area (Å²) < 4.78 is 5.43. The normalized spacial score (nSPS) is 21.2. The van der Waals surface area contributed by atoms with E-state index in [2.05, 4.69) is 15.0 Å². The molecule has 2 aliphatic heterocycles. The molecule has 30 heavy (non-hydrogen) atoms. The van der Waals surface area contributed by atoms with Gasteiger partial charge in [0.1, 0.15) is 22.8 Å². The van der Waals surface area contributed by atoms with Crippen molar-refractivity contribution in [3.63, 3.8) is 0 Å². The van der Waals surface area contributed by atoms with Crippen molar-refractivity contribution in [2.45, 2.75) is 38.4 Å². The van der Waals surface area contributed by atoms with Gasteiger partial charge in [0.15, 0.2) is 0 Å². The van der Waals surface area contributed by atoms with Gasteiger partial charge in [-0.15, -0.1) is 0 Å². The summed E-state index contributed by atoms with van der Waals surface area (Å²) in [5.74, 6) is 1.17. The standard InChI is InChI=1S/C23H25N5O2/c1-15-20(21(26-30-15)16-6-3-2-4-7-16)23(29)28-13-10-18-19(28)9-12-27(18)14-17-8-5-11-25-22(17)24/h2-8,11,18-19H,9-10,12-14H2,1H3,(H2,24,25)/t18-,19-/m0/s1. The molecule has 2 atom stereocenters. The number of aryl methyl sites for hydroxylation is 1. The molecular weight excluding hydrogens is 378 g/mol. The lowest BCUT2D eigenvalue weighted by Gasteiger charge is -2.26. The van der Waals surface area contributed by atoms with Crippen LogP contribution in [0.5, 0.6) is 0 Å². The third kappa shape index (κ3) is 3.15. The Kier molecular flexibility index (Phi) is 4.75. The maximum Gasteiger partial charge on any atom is 0.260 e. The molecule has 0 aliphatic carbocycles. The van der Waals surface area contributed by atoms with Crippen LogP contribution in [0.4, 0.5) is 5.82 Å². The molecule has 2 aliphatic rings. The molecule has 5 rings (SSSR count). The summed E-state index contributed by atoms with van der Waals surface area (Å²) >= 11 is 0. The predicted molar refractivity (Wildman–Crippen MR) is 114 cm³/mol. The van der Waals surface area contributed by atoms with Crippen LogP contribution in [-0.4, -0.2) is 51.0 Å². The number of nitrogens with two attached hydrogens (primary N) is 1. The Morgan fingerprint density at radius 3 is 2.73 bits per heavy atom. The van der Waals surface area contributed by atoms with Gasteiger partial charge in [-0.3, -0.25) is 9.69 Å². The minimum absolute atomic E-state index is 0.0165. The van der Waals surface area contributed by atoms with Crippen LogP contribution in [0.15, 0.2) is 53.2 Å². The average molecular weight is 403 g/mol. The van der Waals surface area contributed by atoms with E-state index in [4.69, 9.17) is 10.3 Å². The number of fused-ring (bicyclic) bond motifs is 1. The van der Waals surface area contributed by atoms with E-state index in [1.807, 2.05) is 54.3 Å². The van der Waals surface area contributed by atoms with Crippen LogP contribution >= 0.6 is 0 Å². The Labute approximate surface area is 175 Å². The van der Waals surface area contributed by atoms with Crippen LogP contribution in [0.3, 0.4) is 0 Å². The van der Waals surface area contributed by atoms with Crippen molar-refractivity contribution >= 4 is 11.7 Å². The number of hydrogen-bond donors (Lipinski definition) is 1. The monoisotopic (exact) mass is 403 g/mol. The fourth-order valence-corrected chi connectivity index (χ4v) is 4.89. The second-order valence-corrected chi connectivity index (χ2v) is 8.06. The van der Waals surface area contributed by atoms with Gasteiger partial charge in [0.25, 0.3) is 5.91 Å². The lowest BCUT2D eigenvalue weighted by Crippen LogP contribution is -2.39. The fraction of sp³-hybridized carbons (Fsp3) is 0.348. The third-order valence-corrected chi connectivity index (χ3v) is 6.38. The lowest BCUT2D eigenvalue weighted by atomic mass is 10.0. The Hall–Kier alpha value is -3.19. The van der Waals surface area contributed by atoms with E-state index in [0.29, 0.717) is 28.9 Å². The van der Waals surface area contributed by atoms with E-state index in [-0.39, 0.29) is 11.9 Å². The molecule has 7 heteroatoms. The van der Waals surface area contributed by atoms with Gasteiger partial charge in [0.05, 0.1) is 0 Å². The maximum absolute atomic E-state index is 13.6. The van der Waals surface area contributed by atoms with E-state index >= 15 is 0 Å². The zero-order valence-corrected chi connectivity index (χ0v) is 17.0. The van der Waals surface area contributed by atoms with Crippen LogP contribution in [-0.2, 0) is 6.54 Å². The number of rotatable bonds is 4. The number of carbonyl (C=O) groups is 1. The summed E-state index contributed by atoms with van der Waals surface area (Å²) in [5.41, 5.74) is 9.19. The largest absolute Gasteiger partial charge is 0.383 e. The molecule has 1 aromatic carbocycles. The third-order valence-electron chi connectivity index (χ3n) is 6.38. The Morgan fingerprint density at radius 1 is 1.13 bits per heavy atom. The Balaban J connectivity index is 1.37. The smallest absolute Gasteiger partial charge is 0.260 e. The zero-order chi connectivity index (χ0) is 20.7. The van der Waals surface area contributed by atoms with Crippen molar-refractivity contribution in [3.8, 4) is 11.3 Å². The first-order valence-electron chi connectivity index (χ1n) is 10.4. The highest BCUT2D eigenvalue weighted by molar-refractivity contribution is 6.01. The molecule has 2 fully saturated rings. The van der Waals surface area contributed by atoms with Gasteiger partial charge < -0.3 is 15.2 Å². The molecule has 0 unspecified atom stereocenters. The number of nitrogens with zero attached hydrogens (tertiary/aromatic N) is 4. The first-order chi connectivity index (χ1) is 14.6. The SMILES string of the molecule is Cc1onc(-c2ccccc2)c1C(=O)N1CC[C@H]2[C@@H]1CCN2Cc1cccnc1N. The minimum atomic E-state index is 0.0165. The average Bonchev–Trinajstić information content (AvgIpc) is 3.46. The highest BCUT2D eigenvalue weighted by atomic mass is 16.5. The van der Waals surface area contributed by atoms with E-state index in [0.717, 1.165) is 43.6 Å². The molecule has 7 nitrogen and oxygen atoms in total. The van der Waals surface area contributed by atoms with Crippen molar-refractivity contribution in [1.29, 1.82) is 0 Å². The number of amides is 1. The highest BCUT2D eigenvalue weighted by Gasteiger charge is 2.45. The fourth-order valence-electron chi connectivity index (χ4n) is 4.89. The molecule has 0 saturated carbocycles.